The summed E-state index contributed by atoms with van der Waals surface area (Å²) in [5.41, 5.74) is 7.59. The third-order valence-electron chi connectivity index (χ3n) is 3.44. The van der Waals surface area contributed by atoms with Crippen LogP contribution in [0.5, 0.6) is 0 Å². The number of nitrogens with two attached hydrogens (primary N) is 1. The van der Waals surface area contributed by atoms with E-state index in [0.29, 0.717) is 12.0 Å². The van der Waals surface area contributed by atoms with Gasteiger partial charge in [-0.05, 0) is 37.7 Å². The predicted octanol–water partition coefficient (Wildman–Crippen LogP) is 2.37. The van der Waals surface area contributed by atoms with Crippen molar-refractivity contribution in [1.82, 2.24) is 0 Å². The van der Waals surface area contributed by atoms with Gasteiger partial charge in [-0.3, -0.25) is 0 Å². The number of hydrogen-bond donors (Lipinski definition) is 1. The van der Waals surface area contributed by atoms with Crippen molar-refractivity contribution < 1.29 is 4.74 Å². The maximum Gasteiger partial charge on any atom is 0.0551 e. The van der Waals surface area contributed by atoms with Gasteiger partial charge in [0.15, 0.2) is 0 Å². The van der Waals surface area contributed by atoms with Crippen LogP contribution in [0.2, 0.25) is 0 Å². The average molecular weight is 219 g/mol. The number of hydrogen-bond acceptors (Lipinski definition) is 2. The minimum Gasteiger partial charge on any atom is -0.378 e. The Morgan fingerprint density at radius 3 is 2.75 bits per heavy atom. The molecule has 0 amide bonds. The second-order valence-corrected chi connectivity index (χ2v) is 4.83. The van der Waals surface area contributed by atoms with E-state index in [2.05, 4.69) is 37.3 Å². The fraction of sp³-hybridized carbons (Fsp3) is 0.571. The lowest BCUT2D eigenvalue weighted by atomic mass is 9.93. The molecule has 2 N–H and O–H groups in total. The van der Waals surface area contributed by atoms with E-state index in [9.17, 15) is 0 Å². The van der Waals surface area contributed by atoms with Gasteiger partial charge in [0, 0.05) is 6.04 Å². The topological polar surface area (TPSA) is 35.2 Å². The first-order chi connectivity index (χ1) is 7.75. The lowest BCUT2D eigenvalue weighted by Crippen LogP contribution is -2.31. The van der Waals surface area contributed by atoms with E-state index in [1.165, 1.54) is 5.56 Å². The van der Waals surface area contributed by atoms with Crippen molar-refractivity contribution in [3.8, 4) is 0 Å². The second kappa shape index (κ2) is 5.46. The van der Waals surface area contributed by atoms with E-state index in [1.54, 1.807) is 0 Å². The highest BCUT2D eigenvalue weighted by molar-refractivity contribution is 5.14. The van der Waals surface area contributed by atoms with Gasteiger partial charge >= 0.3 is 0 Å². The van der Waals surface area contributed by atoms with Crippen LogP contribution >= 0.6 is 0 Å². The van der Waals surface area contributed by atoms with Crippen LogP contribution in [0.3, 0.4) is 0 Å². The van der Waals surface area contributed by atoms with Gasteiger partial charge in [0.1, 0.15) is 0 Å². The maximum absolute atomic E-state index is 6.21. The van der Waals surface area contributed by atoms with Crippen molar-refractivity contribution in [2.75, 3.05) is 6.61 Å². The fourth-order valence-corrected chi connectivity index (χ4v) is 2.36. The Kier molecular flexibility index (Phi) is 3.97. The molecule has 0 spiro atoms. The molecule has 0 aromatic heterocycles. The first kappa shape index (κ1) is 11.6. The molecular weight excluding hydrogens is 198 g/mol. The molecule has 3 atom stereocenters. The van der Waals surface area contributed by atoms with E-state index in [4.69, 9.17) is 10.5 Å². The minimum atomic E-state index is 0.283. The Bertz CT molecular complexity index is 312. The number of rotatable bonds is 4. The van der Waals surface area contributed by atoms with Crippen molar-refractivity contribution in [3.63, 3.8) is 0 Å². The summed E-state index contributed by atoms with van der Waals surface area (Å²) in [5.74, 6) is 0.554. The van der Waals surface area contributed by atoms with Crippen LogP contribution in [0.4, 0.5) is 0 Å². The molecule has 2 heteroatoms. The average Bonchev–Trinajstić information content (AvgIpc) is 2.74. The van der Waals surface area contributed by atoms with Crippen molar-refractivity contribution in [2.45, 2.75) is 38.3 Å². The molecule has 88 valence electrons. The Labute approximate surface area is 97.8 Å². The van der Waals surface area contributed by atoms with Crippen LogP contribution in [0, 0.1) is 5.92 Å². The standard InChI is InChI=1S/C14H21NO/c1-11-9-13(10-16-11)14(15)8-7-12-5-3-2-4-6-12/h2-6,11,13-14H,7-10,15H2,1H3. The van der Waals surface area contributed by atoms with Crippen molar-refractivity contribution >= 4 is 0 Å². The van der Waals surface area contributed by atoms with Gasteiger partial charge in [-0.1, -0.05) is 30.3 Å². The number of benzene rings is 1. The lowest BCUT2D eigenvalue weighted by Gasteiger charge is -2.17. The van der Waals surface area contributed by atoms with Gasteiger partial charge in [-0.15, -0.1) is 0 Å². The Morgan fingerprint density at radius 2 is 2.12 bits per heavy atom. The van der Waals surface area contributed by atoms with Crippen LogP contribution in [0.25, 0.3) is 0 Å². The van der Waals surface area contributed by atoms with Crippen molar-refractivity contribution in [2.24, 2.45) is 11.7 Å². The van der Waals surface area contributed by atoms with E-state index in [1.807, 2.05) is 0 Å². The summed E-state index contributed by atoms with van der Waals surface area (Å²) >= 11 is 0. The summed E-state index contributed by atoms with van der Waals surface area (Å²) in [4.78, 5) is 0. The summed E-state index contributed by atoms with van der Waals surface area (Å²) in [6.45, 7) is 2.97. The van der Waals surface area contributed by atoms with E-state index in [-0.39, 0.29) is 6.04 Å². The molecule has 1 aromatic rings. The minimum absolute atomic E-state index is 0.283. The largest absolute Gasteiger partial charge is 0.378 e. The zero-order valence-corrected chi connectivity index (χ0v) is 9.93. The predicted molar refractivity (Wildman–Crippen MR) is 66.3 cm³/mol. The normalized spacial score (nSPS) is 26.9. The molecule has 0 bridgehead atoms. The molecule has 1 heterocycles. The highest BCUT2D eigenvalue weighted by atomic mass is 16.5. The smallest absolute Gasteiger partial charge is 0.0551 e. The van der Waals surface area contributed by atoms with Crippen LogP contribution in [-0.2, 0) is 11.2 Å². The van der Waals surface area contributed by atoms with Crippen LogP contribution < -0.4 is 5.73 Å². The van der Waals surface area contributed by atoms with Crippen LogP contribution in [0.15, 0.2) is 30.3 Å². The Morgan fingerprint density at radius 1 is 1.38 bits per heavy atom. The van der Waals surface area contributed by atoms with E-state index >= 15 is 0 Å². The third kappa shape index (κ3) is 3.06. The number of ether oxygens (including phenoxy) is 1. The maximum atomic E-state index is 6.21. The second-order valence-electron chi connectivity index (χ2n) is 4.83. The van der Waals surface area contributed by atoms with E-state index in [0.717, 1.165) is 25.9 Å². The summed E-state index contributed by atoms with van der Waals surface area (Å²) in [6, 6.07) is 10.8. The summed E-state index contributed by atoms with van der Waals surface area (Å²) in [7, 11) is 0. The molecule has 1 aromatic carbocycles. The highest BCUT2D eigenvalue weighted by Crippen LogP contribution is 2.23. The van der Waals surface area contributed by atoms with Crippen LogP contribution in [-0.4, -0.2) is 18.8 Å². The van der Waals surface area contributed by atoms with Gasteiger partial charge in [0.05, 0.1) is 12.7 Å². The van der Waals surface area contributed by atoms with Crippen molar-refractivity contribution in [1.29, 1.82) is 0 Å². The molecule has 3 unspecified atom stereocenters. The molecule has 0 saturated carbocycles. The molecule has 2 rings (SSSR count). The molecule has 1 saturated heterocycles. The molecule has 1 aliphatic rings. The molecule has 0 radical (unpaired) electrons. The quantitative estimate of drug-likeness (QED) is 0.843. The Hall–Kier alpha value is -0.860. The summed E-state index contributed by atoms with van der Waals surface area (Å²) in [5, 5.41) is 0. The van der Waals surface area contributed by atoms with Gasteiger partial charge in [-0.2, -0.15) is 0 Å². The SMILES string of the molecule is CC1CC(C(N)CCc2ccccc2)CO1. The first-order valence-corrected chi connectivity index (χ1v) is 6.17. The molecule has 2 nitrogen and oxygen atoms in total. The van der Waals surface area contributed by atoms with Crippen molar-refractivity contribution in [3.05, 3.63) is 35.9 Å². The third-order valence-corrected chi connectivity index (χ3v) is 3.44. The Balaban J connectivity index is 1.78. The van der Waals surface area contributed by atoms with E-state index < -0.39 is 0 Å². The lowest BCUT2D eigenvalue weighted by molar-refractivity contribution is 0.118. The van der Waals surface area contributed by atoms with Gasteiger partial charge in [0.2, 0.25) is 0 Å². The molecule has 16 heavy (non-hydrogen) atoms. The molecule has 0 aliphatic carbocycles. The zero-order valence-electron chi connectivity index (χ0n) is 9.93. The first-order valence-electron chi connectivity index (χ1n) is 6.17. The van der Waals surface area contributed by atoms with Gasteiger partial charge in [-0.25, -0.2) is 0 Å². The molecule has 1 fully saturated rings. The molecule has 1 aliphatic heterocycles. The van der Waals surface area contributed by atoms with Crippen LogP contribution in [0.1, 0.15) is 25.3 Å². The van der Waals surface area contributed by atoms with Gasteiger partial charge < -0.3 is 10.5 Å². The summed E-state index contributed by atoms with van der Waals surface area (Å²) in [6.07, 6.45) is 3.65. The van der Waals surface area contributed by atoms with Gasteiger partial charge in [0.25, 0.3) is 0 Å². The zero-order chi connectivity index (χ0) is 11.4. The molecular formula is C14H21NO. The highest BCUT2D eigenvalue weighted by Gasteiger charge is 2.26. The monoisotopic (exact) mass is 219 g/mol. The summed E-state index contributed by atoms with van der Waals surface area (Å²) < 4.78 is 5.56. The fourth-order valence-electron chi connectivity index (χ4n) is 2.36. The number of aryl methyl sites for hydroxylation is 1.